The van der Waals surface area contributed by atoms with Crippen molar-refractivity contribution in [3.63, 3.8) is 0 Å². The highest BCUT2D eigenvalue weighted by Gasteiger charge is 2.21. The van der Waals surface area contributed by atoms with Gasteiger partial charge in [0.2, 0.25) is 0 Å². The van der Waals surface area contributed by atoms with Gasteiger partial charge in [0.05, 0.1) is 0 Å². The molecular formula is C14H20N6. The van der Waals surface area contributed by atoms with Crippen molar-refractivity contribution in [1.82, 2.24) is 25.2 Å². The van der Waals surface area contributed by atoms with Gasteiger partial charge in [-0.25, -0.2) is 9.50 Å². The molecule has 2 aromatic rings. The average molecular weight is 272 g/mol. The second kappa shape index (κ2) is 5.03. The maximum absolute atomic E-state index is 4.72. The quantitative estimate of drug-likeness (QED) is 0.819. The van der Waals surface area contributed by atoms with Gasteiger partial charge in [0, 0.05) is 56.6 Å². The Morgan fingerprint density at radius 2 is 2.05 bits per heavy atom. The number of fused-ring (bicyclic) bond motifs is 1. The molecule has 2 saturated heterocycles. The largest absolute Gasteiger partial charge is 0.369 e. The highest BCUT2D eigenvalue weighted by atomic mass is 15.3. The van der Waals surface area contributed by atoms with Crippen LogP contribution >= 0.6 is 0 Å². The molecule has 2 aliphatic heterocycles. The molecule has 2 aromatic heterocycles. The van der Waals surface area contributed by atoms with E-state index >= 15 is 0 Å². The van der Waals surface area contributed by atoms with Gasteiger partial charge in [-0.05, 0) is 19.0 Å². The number of anilines is 1. The molecule has 6 nitrogen and oxygen atoms in total. The molecule has 2 fully saturated rings. The maximum atomic E-state index is 4.72. The fourth-order valence-electron chi connectivity index (χ4n) is 3.06. The Balaban J connectivity index is 1.64. The van der Waals surface area contributed by atoms with Crippen LogP contribution in [-0.4, -0.2) is 53.9 Å². The zero-order valence-corrected chi connectivity index (χ0v) is 11.5. The third kappa shape index (κ3) is 2.14. The fourth-order valence-corrected chi connectivity index (χ4v) is 3.06. The monoisotopic (exact) mass is 272 g/mol. The van der Waals surface area contributed by atoms with E-state index in [4.69, 9.17) is 4.98 Å². The van der Waals surface area contributed by atoms with E-state index in [-0.39, 0.29) is 0 Å². The molecule has 4 rings (SSSR count). The molecule has 0 saturated carbocycles. The Bertz CT molecular complexity index is 595. The smallest absolute Gasteiger partial charge is 0.157 e. The minimum absolute atomic E-state index is 0.470. The Morgan fingerprint density at radius 1 is 1.15 bits per heavy atom. The summed E-state index contributed by atoms with van der Waals surface area (Å²) in [6.45, 7) is 6.30. The number of hydrogen-bond acceptors (Lipinski definition) is 5. The first-order valence-electron chi connectivity index (χ1n) is 7.43. The van der Waals surface area contributed by atoms with Crippen molar-refractivity contribution >= 4 is 11.3 Å². The molecule has 2 N–H and O–H groups in total. The molecule has 0 aliphatic carbocycles. The zero-order chi connectivity index (χ0) is 13.4. The Hall–Kier alpha value is -1.66. The van der Waals surface area contributed by atoms with Crippen LogP contribution in [-0.2, 0) is 0 Å². The van der Waals surface area contributed by atoms with Gasteiger partial charge < -0.3 is 15.5 Å². The summed E-state index contributed by atoms with van der Waals surface area (Å²) < 4.78 is 1.90. The normalized spacial score (nSPS) is 23.6. The van der Waals surface area contributed by atoms with E-state index in [1.807, 2.05) is 10.7 Å². The minimum Gasteiger partial charge on any atom is -0.369 e. The summed E-state index contributed by atoms with van der Waals surface area (Å²) >= 11 is 0. The van der Waals surface area contributed by atoms with Crippen molar-refractivity contribution in [3.8, 4) is 0 Å². The number of hydrogen-bond donors (Lipinski definition) is 2. The van der Waals surface area contributed by atoms with Gasteiger partial charge in [-0.1, -0.05) is 0 Å². The van der Waals surface area contributed by atoms with Gasteiger partial charge in [0.25, 0.3) is 0 Å². The molecule has 20 heavy (non-hydrogen) atoms. The summed E-state index contributed by atoms with van der Waals surface area (Å²) in [6.07, 6.45) is 3.17. The summed E-state index contributed by atoms with van der Waals surface area (Å²) in [5, 5.41) is 11.4. The van der Waals surface area contributed by atoms with E-state index in [1.165, 1.54) is 5.69 Å². The standard InChI is InChI=1S/C14H20N6/c1-3-16-10-11(1)14-17-13-9-12(2-6-20(13)18-14)19-7-4-15-5-8-19/h2,6,9,11,15-16H,1,3-5,7-8,10H2. The molecule has 1 atom stereocenters. The average Bonchev–Trinajstić information content (AvgIpc) is 3.16. The highest BCUT2D eigenvalue weighted by molar-refractivity contribution is 5.56. The second-order valence-corrected chi connectivity index (χ2v) is 5.58. The molecule has 2 aliphatic rings. The van der Waals surface area contributed by atoms with Crippen LogP contribution in [0.1, 0.15) is 18.2 Å². The molecule has 106 valence electrons. The third-order valence-corrected chi connectivity index (χ3v) is 4.25. The molecule has 4 heterocycles. The van der Waals surface area contributed by atoms with Gasteiger partial charge in [-0.3, -0.25) is 0 Å². The summed E-state index contributed by atoms with van der Waals surface area (Å²) in [6, 6.07) is 4.30. The summed E-state index contributed by atoms with van der Waals surface area (Å²) in [4.78, 5) is 7.12. The van der Waals surface area contributed by atoms with Crippen molar-refractivity contribution in [3.05, 3.63) is 24.2 Å². The van der Waals surface area contributed by atoms with Crippen molar-refractivity contribution in [2.45, 2.75) is 12.3 Å². The van der Waals surface area contributed by atoms with Gasteiger partial charge in [0.1, 0.15) is 0 Å². The first kappa shape index (κ1) is 12.1. The maximum Gasteiger partial charge on any atom is 0.157 e. The van der Waals surface area contributed by atoms with Gasteiger partial charge >= 0.3 is 0 Å². The van der Waals surface area contributed by atoms with Crippen LogP contribution < -0.4 is 15.5 Å². The topological polar surface area (TPSA) is 57.5 Å². The molecule has 1 unspecified atom stereocenters. The van der Waals surface area contributed by atoms with Crippen molar-refractivity contribution in [1.29, 1.82) is 0 Å². The zero-order valence-electron chi connectivity index (χ0n) is 11.5. The SMILES string of the molecule is c1cn2nc(C3CCNC3)nc2cc1N1CCNCC1. The molecule has 6 heteroatoms. The van der Waals surface area contributed by atoms with E-state index in [0.29, 0.717) is 5.92 Å². The minimum atomic E-state index is 0.470. The lowest BCUT2D eigenvalue weighted by Crippen LogP contribution is -2.43. The van der Waals surface area contributed by atoms with Crippen molar-refractivity contribution in [2.24, 2.45) is 0 Å². The number of piperazine rings is 1. The first-order chi connectivity index (χ1) is 9.90. The lowest BCUT2D eigenvalue weighted by molar-refractivity contribution is 0.589. The van der Waals surface area contributed by atoms with E-state index in [9.17, 15) is 0 Å². The molecule has 0 bridgehead atoms. The second-order valence-electron chi connectivity index (χ2n) is 5.58. The summed E-state index contributed by atoms with van der Waals surface area (Å²) in [5.41, 5.74) is 2.21. The number of pyridine rings is 1. The Morgan fingerprint density at radius 3 is 2.85 bits per heavy atom. The van der Waals surface area contributed by atoms with Crippen LogP contribution in [0, 0.1) is 0 Å². The first-order valence-corrected chi connectivity index (χ1v) is 7.43. The van der Waals surface area contributed by atoms with E-state index in [2.05, 4.69) is 32.8 Å². The number of aromatic nitrogens is 3. The Kier molecular flexibility index (Phi) is 3.05. The predicted molar refractivity (Wildman–Crippen MR) is 78.3 cm³/mol. The van der Waals surface area contributed by atoms with E-state index in [0.717, 1.165) is 57.2 Å². The van der Waals surface area contributed by atoms with Crippen molar-refractivity contribution < 1.29 is 0 Å². The third-order valence-electron chi connectivity index (χ3n) is 4.25. The van der Waals surface area contributed by atoms with Crippen LogP contribution in [0.25, 0.3) is 5.65 Å². The fraction of sp³-hybridized carbons (Fsp3) is 0.571. The van der Waals surface area contributed by atoms with Crippen LogP contribution in [0.2, 0.25) is 0 Å². The summed E-state index contributed by atoms with van der Waals surface area (Å²) in [5.74, 6) is 1.45. The molecule has 0 aromatic carbocycles. The molecule has 0 amide bonds. The van der Waals surface area contributed by atoms with Crippen LogP contribution in [0.15, 0.2) is 18.3 Å². The number of nitrogens with one attached hydrogen (secondary N) is 2. The summed E-state index contributed by atoms with van der Waals surface area (Å²) in [7, 11) is 0. The molecule has 0 spiro atoms. The van der Waals surface area contributed by atoms with E-state index < -0.39 is 0 Å². The predicted octanol–water partition coefficient (Wildman–Crippen LogP) is 0.216. The molecule has 0 radical (unpaired) electrons. The van der Waals surface area contributed by atoms with Crippen LogP contribution in [0.3, 0.4) is 0 Å². The highest BCUT2D eigenvalue weighted by Crippen LogP contribution is 2.22. The lowest BCUT2D eigenvalue weighted by atomic mass is 10.1. The van der Waals surface area contributed by atoms with Crippen molar-refractivity contribution in [2.75, 3.05) is 44.2 Å². The molecular weight excluding hydrogens is 252 g/mol. The Labute approximate surface area is 118 Å². The number of rotatable bonds is 2. The van der Waals surface area contributed by atoms with Gasteiger partial charge in [-0.2, -0.15) is 5.10 Å². The number of nitrogens with zero attached hydrogens (tertiary/aromatic N) is 4. The van der Waals surface area contributed by atoms with Gasteiger partial charge in [0.15, 0.2) is 11.5 Å². The van der Waals surface area contributed by atoms with Crippen LogP contribution in [0.4, 0.5) is 5.69 Å². The lowest BCUT2D eigenvalue weighted by Gasteiger charge is -2.29. The van der Waals surface area contributed by atoms with Gasteiger partial charge in [-0.15, -0.1) is 0 Å². The van der Waals surface area contributed by atoms with E-state index in [1.54, 1.807) is 0 Å². The van der Waals surface area contributed by atoms with Crippen LogP contribution in [0.5, 0.6) is 0 Å².